The summed E-state index contributed by atoms with van der Waals surface area (Å²) in [5, 5.41) is 18.1. The van der Waals surface area contributed by atoms with E-state index < -0.39 is 5.60 Å². The predicted octanol–water partition coefficient (Wildman–Crippen LogP) is 2.95. The first-order chi connectivity index (χ1) is 15.1. The number of hydrogen-bond acceptors (Lipinski definition) is 9. The van der Waals surface area contributed by atoms with E-state index in [-0.39, 0.29) is 23.6 Å². The Balaban J connectivity index is 1.41. The van der Waals surface area contributed by atoms with Crippen molar-refractivity contribution in [1.82, 2.24) is 24.8 Å². The van der Waals surface area contributed by atoms with E-state index in [0.29, 0.717) is 48.3 Å². The number of pyridine rings is 1. The van der Waals surface area contributed by atoms with Gasteiger partial charge in [0, 0.05) is 12.2 Å². The van der Waals surface area contributed by atoms with E-state index in [1.165, 1.54) is 0 Å². The first-order valence-electron chi connectivity index (χ1n) is 10.0. The number of anilines is 1. The summed E-state index contributed by atoms with van der Waals surface area (Å²) in [4.78, 5) is 21.3. The molecule has 1 fully saturated rings. The first kappa shape index (κ1) is 17.9. The Kier molecular flexibility index (Phi) is 3.62. The van der Waals surface area contributed by atoms with Gasteiger partial charge in [-0.25, -0.2) is 14.4 Å². The molecule has 0 radical (unpaired) electrons. The maximum atomic E-state index is 12.4. The minimum Gasteiger partial charge on any atom is -0.507 e. The van der Waals surface area contributed by atoms with Crippen LogP contribution in [-0.2, 0) is 10.3 Å². The van der Waals surface area contributed by atoms with E-state index in [1.54, 1.807) is 30.6 Å². The predicted molar refractivity (Wildman–Crippen MR) is 108 cm³/mol. The molecule has 1 aliphatic heterocycles. The van der Waals surface area contributed by atoms with Gasteiger partial charge in [-0.2, -0.15) is 0 Å². The number of hydrogen-bond donors (Lipinski definition) is 2. The zero-order valence-electron chi connectivity index (χ0n) is 16.4. The number of rotatable bonds is 2. The number of carbonyl (C=O) groups excluding carboxylic acids is 1. The number of aromatic nitrogens is 5. The van der Waals surface area contributed by atoms with Gasteiger partial charge in [-0.3, -0.25) is 4.98 Å². The first-order valence-corrected chi connectivity index (χ1v) is 10.0. The van der Waals surface area contributed by atoms with Gasteiger partial charge in [-0.1, -0.05) is 6.07 Å². The summed E-state index contributed by atoms with van der Waals surface area (Å²) in [5.74, 6) is 0.448. The largest absolute Gasteiger partial charge is 0.507 e. The lowest BCUT2D eigenvalue weighted by molar-refractivity contribution is -0.0352. The Bertz CT molecular complexity index is 1330. The van der Waals surface area contributed by atoms with Gasteiger partial charge in [-0.05, 0) is 54.2 Å². The number of phenols is 1. The third-order valence-electron chi connectivity index (χ3n) is 6.35. The average Bonchev–Trinajstić information content (AvgIpc) is 3.44. The summed E-state index contributed by atoms with van der Waals surface area (Å²) in [6.07, 6.45) is 5.96. The molecule has 10 heteroatoms. The van der Waals surface area contributed by atoms with Crippen LogP contribution in [0.4, 0.5) is 5.82 Å². The summed E-state index contributed by atoms with van der Waals surface area (Å²) in [6, 6.07) is 6.92. The fraction of sp³-hybridized carbons (Fsp3) is 0.286. The van der Waals surface area contributed by atoms with Gasteiger partial charge >= 0.3 is 5.97 Å². The van der Waals surface area contributed by atoms with E-state index in [9.17, 15) is 9.90 Å². The van der Waals surface area contributed by atoms with Crippen molar-refractivity contribution < 1.29 is 19.3 Å². The maximum Gasteiger partial charge on any atom is 0.339 e. The zero-order valence-corrected chi connectivity index (χ0v) is 16.4. The van der Waals surface area contributed by atoms with Crippen molar-refractivity contribution in [3.63, 3.8) is 0 Å². The number of carbonyl (C=O) groups is 1. The molecule has 2 aliphatic rings. The SMILES string of the molecule is Nc1nonc1-c1nc2cnccc2n1C1CCC2(CC1)OC(=O)c1cccc(O)c12. The topological polar surface area (TPSA) is 142 Å². The van der Waals surface area contributed by atoms with E-state index >= 15 is 0 Å². The van der Waals surface area contributed by atoms with Crippen molar-refractivity contribution in [2.45, 2.75) is 37.3 Å². The lowest BCUT2D eigenvalue weighted by Crippen LogP contribution is -2.33. The summed E-state index contributed by atoms with van der Waals surface area (Å²) in [5.41, 5.74) is 8.19. The number of aromatic hydroxyl groups is 1. The fourth-order valence-electron chi connectivity index (χ4n) is 4.99. The maximum absolute atomic E-state index is 12.4. The quantitative estimate of drug-likeness (QED) is 0.470. The van der Waals surface area contributed by atoms with Gasteiger partial charge in [0.1, 0.15) is 16.9 Å². The molecule has 3 aromatic heterocycles. The number of ether oxygens (including phenoxy) is 1. The van der Waals surface area contributed by atoms with Gasteiger partial charge in [0.2, 0.25) is 0 Å². The molecule has 0 unspecified atom stereocenters. The Labute approximate surface area is 175 Å². The average molecular weight is 418 g/mol. The van der Waals surface area contributed by atoms with E-state index in [2.05, 4.69) is 24.8 Å². The Morgan fingerprint density at radius 1 is 1.19 bits per heavy atom. The second kappa shape index (κ2) is 6.27. The molecule has 1 aliphatic carbocycles. The molecule has 6 rings (SSSR count). The van der Waals surface area contributed by atoms with Gasteiger partial charge in [0.15, 0.2) is 17.3 Å². The molecule has 0 amide bonds. The van der Waals surface area contributed by atoms with Crippen LogP contribution < -0.4 is 5.73 Å². The zero-order chi connectivity index (χ0) is 21.2. The van der Waals surface area contributed by atoms with Crippen molar-refractivity contribution in [2.75, 3.05) is 5.73 Å². The number of nitrogen functional groups attached to an aromatic ring is 1. The minimum absolute atomic E-state index is 0.0535. The van der Waals surface area contributed by atoms with Crippen LogP contribution in [0.2, 0.25) is 0 Å². The third kappa shape index (κ3) is 2.47. The van der Waals surface area contributed by atoms with Crippen LogP contribution in [0.3, 0.4) is 0 Å². The Morgan fingerprint density at radius 2 is 2.03 bits per heavy atom. The third-order valence-corrected chi connectivity index (χ3v) is 6.35. The molecule has 10 nitrogen and oxygen atoms in total. The minimum atomic E-state index is -0.805. The van der Waals surface area contributed by atoms with Crippen LogP contribution in [0.25, 0.3) is 22.6 Å². The fourth-order valence-corrected chi connectivity index (χ4v) is 4.99. The van der Waals surface area contributed by atoms with Gasteiger partial charge < -0.3 is 20.1 Å². The van der Waals surface area contributed by atoms with Crippen molar-refractivity contribution in [3.8, 4) is 17.3 Å². The Hall–Kier alpha value is -3.95. The monoisotopic (exact) mass is 418 g/mol. The molecule has 156 valence electrons. The van der Waals surface area contributed by atoms with Crippen molar-refractivity contribution >= 4 is 22.8 Å². The van der Waals surface area contributed by atoms with Crippen LogP contribution in [-0.4, -0.2) is 35.9 Å². The summed E-state index contributed by atoms with van der Waals surface area (Å²) >= 11 is 0. The van der Waals surface area contributed by atoms with Crippen LogP contribution in [0.5, 0.6) is 5.75 Å². The summed E-state index contributed by atoms with van der Waals surface area (Å²) in [6.45, 7) is 0. The van der Waals surface area contributed by atoms with Crippen molar-refractivity contribution in [3.05, 3.63) is 47.8 Å². The van der Waals surface area contributed by atoms with Gasteiger partial charge in [0.25, 0.3) is 0 Å². The summed E-state index contributed by atoms with van der Waals surface area (Å²) in [7, 11) is 0. The number of esters is 1. The molecular weight excluding hydrogens is 400 g/mol. The number of nitrogens with zero attached hydrogens (tertiary/aromatic N) is 5. The second-order valence-electron chi connectivity index (χ2n) is 7.98. The molecule has 1 saturated carbocycles. The lowest BCUT2D eigenvalue weighted by Gasteiger charge is -2.37. The molecule has 3 N–H and O–H groups in total. The molecule has 0 atom stereocenters. The standard InChI is InChI=1S/C21H18N6O4/c22-18-17(25-31-26-18)19-24-13-10-23-9-6-14(13)27(19)11-4-7-21(8-5-11)16-12(20(29)30-21)2-1-3-15(16)28/h1-3,6,9-11,28H,4-5,7-8H2,(H2,22,26). The Morgan fingerprint density at radius 3 is 2.81 bits per heavy atom. The lowest BCUT2D eigenvalue weighted by atomic mass is 9.77. The molecule has 4 heterocycles. The smallest absolute Gasteiger partial charge is 0.339 e. The van der Waals surface area contributed by atoms with Crippen molar-refractivity contribution in [1.29, 1.82) is 0 Å². The highest BCUT2D eigenvalue weighted by molar-refractivity contribution is 5.95. The van der Waals surface area contributed by atoms with E-state index in [0.717, 1.165) is 11.0 Å². The normalized spacial score (nSPS) is 22.7. The van der Waals surface area contributed by atoms with Crippen molar-refractivity contribution in [2.24, 2.45) is 0 Å². The number of fused-ring (bicyclic) bond motifs is 3. The van der Waals surface area contributed by atoms with Crippen LogP contribution >= 0.6 is 0 Å². The number of nitrogens with two attached hydrogens (primary N) is 1. The van der Waals surface area contributed by atoms with Crippen LogP contribution in [0, 0.1) is 0 Å². The van der Waals surface area contributed by atoms with Gasteiger partial charge in [0.05, 0.1) is 22.8 Å². The molecular formula is C21H18N6O4. The number of benzene rings is 1. The highest BCUT2D eigenvalue weighted by Crippen LogP contribution is 2.52. The molecule has 0 bridgehead atoms. The van der Waals surface area contributed by atoms with Gasteiger partial charge in [-0.15, -0.1) is 0 Å². The molecule has 1 spiro atoms. The highest BCUT2D eigenvalue weighted by atomic mass is 16.6. The van der Waals surface area contributed by atoms with E-state index in [4.69, 9.17) is 15.1 Å². The highest BCUT2D eigenvalue weighted by Gasteiger charge is 2.49. The molecule has 4 aromatic rings. The summed E-state index contributed by atoms with van der Waals surface area (Å²) < 4.78 is 12.7. The molecule has 0 saturated heterocycles. The number of phenolic OH excluding ortho intramolecular Hbond substituents is 1. The second-order valence-corrected chi connectivity index (χ2v) is 7.98. The molecule has 31 heavy (non-hydrogen) atoms. The van der Waals surface area contributed by atoms with Crippen LogP contribution in [0.15, 0.2) is 41.3 Å². The number of imidazole rings is 1. The molecule has 1 aromatic carbocycles. The van der Waals surface area contributed by atoms with E-state index in [1.807, 2.05) is 6.07 Å². The van der Waals surface area contributed by atoms with Crippen LogP contribution in [0.1, 0.15) is 47.6 Å².